The van der Waals surface area contributed by atoms with Crippen LogP contribution in [0.25, 0.3) is 10.4 Å². The van der Waals surface area contributed by atoms with Crippen molar-refractivity contribution < 1.29 is 28.8 Å². The van der Waals surface area contributed by atoms with Crippen LogP contribution in [0.4, 0.5) is 0 Å². The molecule has 124 valence electrons. The van der Waals surface area contributed by atoms with E-state index in [1.165, 1.54) is 0 Å². The van der Waals surface area contributed by atoms with Crippen LogP contribution < -0.4 is 0 Å². The molecule has 0 saturated carbocycles. The lowest BCUT2D eigenvalue weighted by atomic mass is 9.82. The fourth-order valence-corrected chi connectivity index (χ4v) is 3.28. The van der Waals surface area contributed by atoms with Crippen LogP contribution in [0.3, 0.4) is 0 Å². The van der Waals surface area contributed by atoms with E-state index in [1.807, 2.05) is 0 Å². The standard InChI is InChI=1S/C13H21N3O6/c1-10(2)19-7-13(22-10)12(17,6-15-16-14)9-8(5-18-13)20-11(3,4)21-9/h8-9,17H,5-7H2,1-4H3/t8-,9?,12?,13+/m1/s1. The summed E-state index contributed by atoms with van der Waals surface area (Å²) in [6.07, 6.45) is -1.23. The number of hydrogen-bond donors (Lipinski definition) is 1. The van der Waals surface area contributed by atoms with Crippen LogP contribution in [-0.4, -0.2) is 60.0 Å². The van der Waals surface area contributed by atoms with Gasteiger partial charge in [-0.05, 0) is 33.2 Å². The topological polar surface area (TPSA) is 115 Å². The van der Waals surface area contributed by atoms with Gasteiger partial charge in [0.05, 0.1) is 13.2 Å². The minimum absolute atomic E-state index is 0.00442. The van der Waals surface area contributed by atoms with Gasteiger partial charge in [0.1, 0.15) is 18.8 Å². The van der Waals surface area contributed by atoms with E-state index in [-0.39, 0.29) is 19.8 Å². The van der Waals surface area contributed by atoms with Crippen molar-refractivity contribution >= 4 is 0 Å². The summed E-state index contributed by atoms with van der Waals surface area (Å²) in [5.74, 6) is -3.26. The molecule has 0 amide bonds. The molecule has 9 nitrogen and oxygen atoms in total. The minimum atomic E-state index is -1.72. The second-order valence-electron chi connectivity index (χ2n) is 6.76. The molecular formula is C13H21N3O6. The van der Waals surface area contributed by atoms with Gasteiger partial charge in [-0.3, -0.25) is 0 Å². The Morgan fingerprint density at radius 1 is 1.18 bits per heavy atom. The summed E-state index contributed by atoms with van der Waals surface area (Å²) in [5, 5.41) is 14.8. The average molecular weight is 315 g/mol. The van der Waals surface area contributed by atoms with Crippen LogP contribution in [0.5, 0.6) is 0 Å². The normalized spacial score (nSPS) is 45.5. The third kappa shape index (κ3) is 2.30. The monoisotopic (exact) mass is 315 g/mol. The van der Waals surface area contributed by atoms with E-state index in [2.05, 4.69) is 10.0 Å². The SMILES string of the molecule is CC1(C)OC2[C@@H](CO[C@]3(COC(C)(C)O3)C2(O)CN=[N+]=[N-])O1. The Balaban J connectivity index is 1.99. The van der Waals surface area contributed by atoms with Gasteiger partial charge in [-0.15, -0.1) is 0 Å². The molecule has 2 unspecified atom stereocenters. The van der Waals surface area contributed by atoms with Crippen LogP contribution in [0.15, 0.2) is 5.11 Å². The number of aliphatic hydroxyl groups is 1. The number of fused-ring (bicyclic) bond motifs is 1. The predicted octanol–water partition coefficient (Wildman–Crippen LogP) is 1.06. The van der Waals surface area contributed by atoms with Gasteiger partial charge < -0.3 is 28.8 Å². The zero-order chi connectivity index (χ0) is 16.2. The molecule has 3 heterocycles. The van der Waals surface area contributed by atoms with Gasteiger partial charge >= 0.3 is 0 Å². The van der Waals surface area contributed by atoms with E-state index < -0.39 is 35.2 Å². The molecule has 0 bridgehead atoms. The molecular weight excluding hydrogens is 294 g/mol. The van der Waals surface area contributed by atoms with Crippen molar-refractivity contribution in [3.8, 4) is 0 Å². The van der Waals surface area contributed by atoms with Crippen molar-refractivity contribution in [3.05, 3.63) is 10.4 Å². The highest BCUT2D eigenvalue weighted by Gasteiger charge is 2.70. The van der Waals surface area contributed by atoms with Gasteiger partial charge in [0.15, 0.2) is 17.2 Å². The molecule has 0 aliphatic carbocycles. The summed E-state index contributed by atoms with van der Waals surface area (Å²) in [4.78, 5) is 2.73. The Morgan fingerprint density at radius 3 is 2.50 bits per heavy atom. The number of rotatable bonds is 2. The van der Waals surface area contributed by atoms with Crippen molar-refractivity contribution in [2.75, 3.05) is 19.8 Å². The summed E-state index contributed by atoms with van der Waals surface area (Å²) in [5.41, 5.74) is 6.93. The van der Waals surface area contributed by atoms with E-state index in [0.717, 1.165) is 0 Å². The molecule has 1 N–H and O–H groups in total. The van der Waals surface area contributed by atoms with Gasteiger partial charge in [0, 0.05) is 4.91 Å². The maximum absolute atomic E-state index is 11.3. The molecule has 9 heteroatoms. The van der Waals surface area contributed by atoms with E-state index >= 15 is 0 Å². The smallest absolute Gasteiger partial charge is 0.227 e. The van der Waals surface area contributed by atoms with Crippen LogP contribution in [-0.2, 0) is 23.7 Å². The number of hydrogen-bond acceptors (Lipinski definition) is 7. The maximum Gasteiger partial charge on any atom is 0.227 e. The average Bonchev–Trinajstić information content (AvgIpc) is 2.90. The zero-order valence-corrected chi connectivity index (χ0v) is 13.1. The van der Waals surface area contributed by atoms with Crippen LogP contribution in [0.1, 0.15) is 27.7 Å². The second kappa shape index (κ2) is 4.78. The molecule has 1 spiro atoms. The van der Waals surface area contributed by atoms with Gasteiger partial charge in [-0.1, -0.05) is 5.11 Å². The van der Waals surface area contributed by atoms with Crippen molar-refractivity contribution in [2.24, 2.45) is 5.11 Å². The van der Waals surface area contributed by atoms with Gasteiger partial charge in [-0.25, -0.2) is 0 Å². The Bertz CT molecular complexity index is 518. The molecule has 3 aliphatic rings. The maximum atomic E-state index is 11.3. The lowest BCUT2D eigenvalue weighted by Crippen LogP contribution is -2.72. The van der Waals surface area contributed by atoms with Crippen molar-refractivity contribution in [3.63, 3.8) is 0 Å². The lowest BCUT2D eigenvalue weighted by molar-refractivity contribution is -0.363. The fraction of sp³-hybridized carbons (Fsp3) is 1.00. The molecule has 0 aromatic heterocycles. The third-order valence-electron chi connectivity index (χ3n) is 4.19. The largest absolute Gasteiger partial charge is 0.381 e. The molecule has 0 aromatic rings. The third-order valence-corrected chi connectivity index (χ3v) is 4.19. The quantitative estimate of drug-likeness (QED) is 0.463. The first-order chi connectivity index (χ1) is 10.1. The van der Waals surface area contributed by atoms with E-state index in [4.69, 9.17) is 29.2 Å². The van der Waals surface area contributed by atoms with Crippen molar-refractivity contribution in [1.82, 2.24) is 0 Å². The second-order valence-corrected chi connectivity index (χ2v) is 6.76. The van der Waals surface area contributed by atoms with Crippen LogP contribution in [0.2, 0.25) is 0 Å². The summed E-state index contributed by atoms with van der Waals surface area (Å²) >= 11 is 0. The highest BCUT2D eigenvalue weighted by atomic mass is 16.9. The number of nitrogens with zero attached hydrogens (tertiary/aromatic N) is 3. The molecule has 0 aromatic carbocycles. The Kier molecular flexibility index (Phi) is 3.47. The first kappa shape index (κ1) is 15.9. The molecule has 3 aliphatic heterocycles. The summed E-state index contributed by atoms with van der Waals surface area (Å²) in [7, 11) is 0. The molecule has 3 saturated heterocycles. The van der Waals surface area contributed by atoms with E-state index in [9.17, 15) is 5.11 Å². The van der Waals surface area contributed by atoms with Gasteiger partial charge in [0.25, 0.3) is 0 Å². The minimum Gasteiger partial charge on any atom is -0.381 e. The van der Waals surface area contributed by atoms with Crippen molar-refractivity contribution in [1.29, 1.82) is 0 Å². The van der Waals surface area contributed by atoms with E-state index in [1.54, 1.807) is 27.7 Å². The van der Waals surface area contributed by atoms with Crippen LogP contribution in [0, 0.1) is 0 Å². The zero-order valence-electron chi connectivity index (χ0n) is 13.1. The summed E-state index contributed by atoms with van der Waals surface area (Å²) in [6.45, 7) is 6.87. The van der Waals surface area contributed by atoms with Crippen LogP contribution >= 0.6 is 0 Å². The first-order valence-corrected chi connectivity index (χ1v) is 7.20. The lowest BCUT2D eigenvalue weighted by Gasteiger charge is -2.49. The number of ether oxygens (including phenoxy) is 5. The Morgan fingerprint density at radius 2 is 1.91 bits per heavy atom. The van der Waals surface area contributed by atoms with Crippen molar-refractivity contribution in [2.45, 2.75) is 62.9 Å². The predicted molar refractivity (Wildman–Crippen MR) is 72.6 cm³/mol. The number of azide groups is 1. The van der Waals surface area contributed by atoms with Gasteiger partial charge in [0.2, 0.25) is 5.79 Å². The first-order valence-electron chi connectivity index (χ1n) is 7.20. The van der Waals surface area contributed by atoms with E-state index in [0.29, 0.717) is 0 Å². The molecule has 3 fully saturated rings. The Hall–Kier alpha value is -0.930. The highest BCUT2D eigenvalue weighted by molar-refractivity contribution is 5.12. The molecule has 22 heavy (non-hydrogen) atoms. The summed E-state index contributed by atoms with van der Waals surface area (Å²) < 4.78 is 28.8. The molecule has 3 rings (SSSR count). The summed E-state index contributed by atoms with van der Waals surface area (Å²) in [6, 6.07) is 0. The Labute approximate surface area is 128 Å². The van der Waals surface area contributed by atoms with Gasteiger partial charge in [-0.2, -0.15) is 0 Å². The molecule has 0 radical (unpaired) electrons. The fourth-order valence-electron chi connectivity index (χ4n) is 3.28. The highest BCUT2D eigenvalue weighted by Crippen LogP contribution is 2.49. The molecule has 4 atom stereocenters.